The number of benzene rings is 1. The maximum Gasteiger partial charge on any atom is 0.0844 e. The van der Waals surface area contributed by atoms with Crippen molar-refractivity contribution in [3.05, 3.63) is 42.0 Å². The predicted molar refractivity (Wildman–Crippen MR) is 69.7 cm³/mol. The summed E-state index contributed by atoms with van der Waals surface area (Å²) in [6.07, 6.45) is 6.70. The highest BCUT2D eigenvalue weighted by atomic mass is 32.2. The van der Waals surface area contributed by atoms with Gasteiger partial charge in [0.1, 0.15) is 0 Å². The Labute approximate surface area is 102 Å². The summed E-state index contributed by atoms with van der Waals surface area (Å²) in [5.41, 5.74) is 1.25. The third-order valence-corrected chi connectivity index (χ3v) is 3.99. The second-order valence-electron chi connectivity index (χ2n) is 4.16. The zero-order valence-electron chi connectivity index (χ0n) is 9.43. The van der Waals surface area contributed by atoms with Crippen LogP contribution in [-0.4, -0.2) is 17.0 Å². The summed E-state index contributed by atoms with van der Waals surface area (Å²) in [7, 11) is 0. The van der Waals surface area contributed by atoms with Crippen molar-refractivity contribution < 1.29 is 5.11 Å². The minimum absolute atomic E-state index is 0.259. The van der Waals surface area contributed by atoms with Gasteiger partial charge in [-0.3, -0.25) is 0 Å². The number of aliphatic hydroxyl groups excluding tert-OH is 1. The monoisotopic (exact) mass is 234 g/mol. The Morgan fingerprint density at radius 2 is 2.00 bits per heavy atom. The van der Waals surface area contributed by atoms with Crippen LogP contribution in [0.2, 0.25) is 0 Å². The Morgan fingerprint density at radius 3 is 2.69 bits per heavy atom. The SMILES string of the molecule is OC(CSc1ccccc1)C1=CCCCC1. The van der Waals surface area contributed by atoms with Gasteiger partial charge in [0, 0.05) is 10.6 Å². The molecule has 0 saturated heterocycles. The number of allylic oxidation sites excluding steroid dienone is 1. The summed E-state index contributed by atoms with van der Waals surface area (Å²) in [6.45, 7) is 0. The van der Waals surface area contributed by atoms with Crippen molar-refractivity contribution in [2.24, 2.45) is 0 Å². The van der Waals surface area contributed by atoms with E-state index in [-0.39, 0.29) is 6.10 Å². The minimum Gasteiger partial charge on any atom is -0.388 e. The summed E-state index contributed by atoms with van der Waals surface area (Å²) in [4.78, 5) is 1.23. The summed E-state index contributed by atoms with van der Waals surface area (Å²) in [6, 6.07) is 10.3. The van der Waals surface area contributed by atoms with Gasteiger partial charge < -0.3 is 5.11 Å². The topological polar surface area (TPSA) is 20.2 Å². The van der Waals surface area contributed by atoms with E-state index in [2.05, 4.69) is 18.2 Å². The molecular weight excluding hydrogens is 216 g/mol. The molecule has 1 aromatic rings. The Kier molecular flexibility index (Phi) is 4.49. The average molecular weight is 234 g/mol. The van der Waals surface area contributed by atoms with E-state index in [0.29, 0.717) is 0 Å². The van der Waals surface area contributed by atoms with Crippen LogP contribution in [0.15, 0.2) is 46.9 Å². The smallest absolute Gasteiger partial charge is 0.0844 e. The first kappa shape index (κ1) is 11.7. The first-order valence-electron chi connectivity index (χ1n) is 5.91. The zero-order chi connectivity index (χ0) is 11.2. The van der Waals surface area contributed by atoms with E-state index in [1.165, 1.54) is 23.3 Å². The molecule has 1 N–H and O–H groups in total. The lowest BCUT2D eigenvalue weighted by molar-refractivity contribution is 0.228. The van der Waals surface area contributed by atoms with Crippen LogP contribution in [0.5, 0.6) is 0 Å². The molecule has 2 heteroatoms. The highest BCUT2D eigenvalue weighted by Crippen LogP contribution is 2.25. The fraction of sp³-hybridized carbons (Fsp3) is 0.429. The molecule has 0 aromatic heterocycles. The molecule has 2 rings (SSSR count). The molecule has 86 valence electrons. The molecule has 0 spiro atoms. The van der Waals surface area contributed by atoms with Crippen molar-refractivity contribution in [2.45, 2.75) is 36.7 Å². The average Bonchev–Trinajstić information content (AvgIpc) is 2.38. The lowest BCUT2D eigenvalue weighted by Crippen LogP contribution is -2.15. The van der Waals surface area contributed by atoms with Gasteiger partial charge in [-0.05, 0) is 43.4 Å². The highest BCUT2D eigenvalue weighted by Gasteiger charge is 2.13. The summed E-state index contributed by atoms with van der Waals surface area (Å²) in [5.74, 6) is 0.774. The summed E-state index contributed by atoms with van der Waals surface area (Å²) in [5, 5.41) is 10.0. The third kappa shape index (κ3) is 3.39. The Morgan fingerprint density at radius 1 is 1.19 bits per heavy atom. The van der Waals surface area contributed by atoms with Crippen LogP contribution in [-0.2, 0) is 0 Å². The third-order valence-electron chi connectivity index (χ3n) is 2.91. The van der Waals surface area contributed by atoms with E-state index < -0.39 is 0 Å². The van der Waals surface area contributed by atoms with Gasteiger partial charge in [-0.25, -0.2) is 0 Å². The van der Waals surface area contributed by atoms with Gasteiger partial charge in [0.25, 0.3) is 0 Å². The lowest BCUT2D eigenvalue weighted by atomic mass is 9.96. The van der Waals surface area contributed by atoms with Gasteiger partial charge in [0.2, 0.25) is 0 Å². The van der Waals surface area contributed by atoms with Gasteiger partial charge in [-0.15, -0.1) is 11.8 Å². The molecule has 16 heavy (non-hydrogen) atoms. The predicted octanol–water partition coefficient (Wildman–Crippen LogP) is 3.64. The standard InChI is InChI=1S/C14H18OS/c15-14(12-7-3-1-4-8-12)11-16-13-9-5-2-6-10-13/h2,5-7,9-10,14-15H,1,3-4,8,11H2. The maximum absolute atomic E-state index is 10.0. The molecule has 0 amide bonds. The number of hydrogen-bond acceptors (Lipinski definition) is 2. The maximum atomic E-state index is 10.0. The molecule has 0 fully saturated rings. The summed E-state index contributed by atoms with van der Waals surface area (Å²) >= 11 is 1.73. The van der Waals surface area contributed by atoms with Crippen LogP contribution in [0.4, 0.5) is 0 Å². The van der Waals surface area contributed by atoms with E-state index >= 15 is 0 Å². The van der Waals surface area contributed by atoms with Crippen LogP contribution in [0.1, 0.15) is 25.7 Å². The quantitative estimate of drug-likeness (QED) is 0.634. The molecule has 1 aliphatic rings. The number of aliphatic hydroxyl groups is 1. The van der Waals surface area contributed by atoms with Gasteiger partial charge in [0.05, 0.1) is 6.10 Å². The number of hydrogen-bond donors (Lipinski definition) is 1. The fourth-order valence-corrected chi connectivity index (χ4v) is 2.88. The van der Waals surface area contributed by atoms with Crippen LogP contribution >= 0.6 is 11.8 Å². The van der Waals surface area contributed by atoms with E-state index in [0.717, 1.165) is 18.6 Å². The van der Waals surface area contributed by atoms with Crippen LogP contribution in [0.25, 0.3) is 0 Å². The molecule has 0 saturated carbocycles. The van der Waals surface area contributed by atoms with Crippen molar-refractivity contribution >= 4 is 11.8 Å². The second kappa shape index (κ2) is 6.12. The van der Waals surface area contributed by atoms with E-state index in [1.54, 1.807) is 11.8 Å². The Balaban J connectivity index is 1.83. The van der Waals surface area contributed by atoms with Crippen molar-refractivity contribution in [3.8, 4) is 0 Å². The van der Waals surface area contributed by atoms with Crippen molar-refractivity contribution in [1.29, 1.82) is 0 Å². The van der Waals surface area contributed by atoms with Crippen molar-refractivity contribution in [3.63, 3.8) is 0 Å². The van der Waals surface area contributed by atoms with Gasteiger partial charge >= 0.3 is 0 Å². The first-order chi connectivity index (χ1) is 7.86. The molecule has 1 aromatic carbocycles. The molecule has 1 nitrogen and oxygen atoms in total. The van der Waals surface area contributed by atoms with Crippen molar-refractivity contribution in [1.82, 2.24) is 0 Å². The largest absolute Gasteiger partial charge is 0.388 e. The zero-order valence-corrected chi connectivity index (χ0v) is 10.2. The van der Waals surface area contributed by atoms with Gasteiger partial charge in [-0.2, -0.15) is 0 Å². The minimum atomic E-state index is -0.259. The van der Waals surface area contributed by atoms with Crippen LogP contribution in [0.3, 0.4) is 0 Å². The molecule has 0 heterocycles. The second-order valence-corrected chi connectivity index (χ2v) is 5.26. The first-order valence-corrected chi connectivity index (χ1v) is 6.89. The number of thioether (sulfide) groups is 1. The molecular formula is C14H18OS. The van der Waals surface area contributed by atoms with E-state index in [9.17, 15) is 5.11 Å². The van der Waals surface area contributed by atoms with E-state index in [4.69, 9.17) is 0 Å². The molecule has 1 aliphatic carbocycles. The lowest BCUT2D eigenvalue weighted by Gasteiger charge is -2.18. The number of rotatable bonds is 4. The van der Waals surface area contributed by atoms with Crippen LogP contribution < -0.4 is 0 Å². The van der Waals surface area contributed by atoms with Gasteiger partial charge in [0.15, 0.2) is 0 Å². The van der Waals surface area contributed by atoms with Gasteiger partial charge in [-0.1, -0.05) is 24.3 Å². The molecule has 0 bridgehead atoms. The fourth-order valence-electron chi connectivity index (χ4n) is 1.96. The van der Waals surface area contributed by atoms with E-state index in [1.807, 2.05) is 18.2 Å². The Hall–Kier alpha value is -0.730. The Bertz CT molecular complexity index is 345. The van der Waals surface area contributed by atoms with Crippen LogP contribution in [0, 0.1) is 0 Å². The summed E-state index contributed by atoms with van der Waals surface area (Å²) < 4.78 is 0. The normalized spacial score (nSPS) is 17.9. The molecule has 1 atom stereocenters. The van der Waals surface area contributed by atoms with Crippen molar-refractivity contribution in [2.75, 3.05) is 5.75 Å². The molecule has 0 aliphatic heterocycles. The molecule has 1 unspecified atom stereocenters. The molecule has 0 radical (unpaired) electrons. The highest BCUT2D eigenvalue weighted by molar-refractivity contribution is 7.99.